The van der Waals surface area contributed by atoms with Gasteiger partial charge in [0.05, 0.1) is 6.20 Å². The summed E-state index contributed by atoms with van der Waals surface area (Å²) in [5.41, 5.74) is 1.03. The molecule has 3 aromatic rings. The Kier molecular flexibility index (Phi) is 4.77. The van der Waals surface area contributed by atoms with Gasteiger partial charge in [0.15, 0.2) is 0 Å². The number of hydrogen-bond acceptors (Lipinski definition) is 6. The Hall–Kier alpha value is -2.96. The van der Waals surface area contributed by atoms with Gasteiger partial charge in [-0.1, -0.05) is 23.4 Å². The SMILES string of the molecule is Cc1nc(Nc2ccccc2)cc(N2CCC(Cn3ccnn3)CC2)n1. The largest absolute Gasteiger partial charge is 0.356 e. The predicted molar refractivity (Wildman–Crippen MR) is 101 cm³/mol. The Labute approximate surface area is 153 Å². The number of nitrogens with zero attached hydrogens (tertiary/aromatic N) is 6. The third-order valence-corrected chi connectivity index (χ3v) is 4.73. The van der Waals surface area contributed by atoms with E-state index in [4.69, 9.17) is 0 Å². The molecule has 0 unspecified atom stereocenters. The van der Waals surface area contributed by atoms with Crippen molar-refractivity contribution in [2.75, 3.05) is 23.3 Å². The highest BCUT2D eigenvalue weighted by atomic mass is 15.4. The first kappa shape index (κ1) is 16.5. The van der Waals surface area contributed by atoms with Crippen molar-refractivity contribution in [3.05, 3.63) is 54.6 Å². The van der Waals surface area contributed by atoms with Crippen molar-refractivity contribution in [2.24, 2.45) is 5.92 Å². The average Bonchev–Trinajstić information content (AvgIpc) is 3.16. The Morgan fingerprint density at radius 2 is 1.92 bits per heavy atom. The zero-order valence-electron chi connectivity index (χ0n) is 14.9. The van der Waals surface area contributed by atoms with Crippen LogP contribution in [0.1, 0.15) is 18.7 Å². The predicted octanol–water partition coefficient (Wildman–Crippen LogP) is 3.04. The van der Waals surface area contributed by atoms with Crippen molar-refractivity contribution in [2.45, 2.75) is 26.3 Å². The Bertz CT molecular complexity index is 824. The van der Waals surface area contributed by atoms with Gasteiger partial charge >= 0.3 is 0 Å². The van der Waals surface area contributed by atoms with Crippen LogP contribution in [0.2, 0.25) is 0 Å². The molecule has 2 aromatic heterocycles. The number of aromatic nitrogens is 5. The van der Waals surface area contributed by atoms with Crippen LogP contribution in [0.15, 0.2) is 48.8 Å². The number of piperidine rings is 1. The Morgan fingerprint density at radius 3 is 2.65 bits per heavy atom. The summed E-state index contributed by atoms with van der Waals surface area (Å²) in [6.07, 6.45) is 5.93. The number of nitrogens with one attached hydrogen (secondary N) is 1. The van der Waals surface area contributed by atoms with Gasteiger partial charge < -0.3 is 10.2 Å². The monoisotopic (exact) mass is 349 g/mol. The molecule has 4 rings (SSSR count). The first-order valence-corrected chi connectivity index (χ1v) is 9.03. The molecule has 1 aliphatic heterocycles. The molecule has 1 N–H and O–H groups in total. The Morgan fingerprint density at radius 1 is 1.12 bits per heavy atom. The van der Waals surface area contributed by atoms with E-state index in [1.807, 2.05) is 54.2 Å². The molecular weight excluding hydrogens is 326 g/mol. The maximum Gasteiger partial charge on any atom is 0.136 e. The third-order valence-electron chi connectivity index (χ3n) is 4.73. The molecule has 3 heterocycles. The van der Waals surface area contributed by atoms with Crippen LogP contribution in [0.4, 0.5) is 17.3 Å². The zero-order valence-corrected chi connectivity index (χ0v) is 14.9. The van der Waals surface area contributed by atoms with Gasteiger partial charge in [0.2, 0.25) is 0 Å². The second-order valence-electron chi connectivity index (χ2n) is 6.71. The topological polar surface area (TPSA) is 71.8 Å². The zero-order chi connectivity index (χ0) is 17.8. The van der Waals surface area contributed by atoms with Crippen LogP contribution in [0.5, 0.6) is 0 Å². The van der Waals surface area contributed by atoms with Gasteiger partial charge in [0.25, 0.3) is 0 Å². The lowest BCUT2D eigenvalue weighted by atomic mass is 9.97. The number of rotatable bonds is 5. The second-order valence-corrected chi connectivity index (χ2v) is 6.71. The lowest BCUT2D eigenvalue weighted by Gasteiger charge is -2.32. The molecule has 7 heteroatoms. The molecule has 0 saturated carbocycles. The first-order chi connectivity index (χ1) is 12.8. The molecule has 1 aliphatic rings. The van der Waals surface area contributed by atoms with E-state index in [1.54, 1.807) is 6.20 Å². The summed E-state index contributed by atoms with van der Waals surface area (Å²) in [6, 6.07) is 12.1. The molecule has 0 atom stereocenters. The summed E-state index contributed by atoms with van der Waals surface area (Å²) >= 11 is 0. The smallest absolute Gasteiger partial charge is 0.136 e. The van der Waals surface area contributed by atoms with Crippen LogP contribution in [0.3, 0.4) is 0 Å². The van der Waals surface area contributed by atoms with Gasteiger partial charge in [-0.2, -0.15) is 0 Å². The van der Waals surface area contributed by atoms with Crippen LogP contribution in [0, 0.1) is 12.8 Å². The molecular formula is C19H23N7. The number of para-hydroxylation sites is 1. The van der Waals surface area contributed by atoms with Crippen LogP contribution in [0.25, 0.3) is 0 Å². The molecule has 0 spiro atoms. The average molecular weight is 349 g/mol. The number of aryl methyl sites for hydroxylation is 1. The van der Waals surface area contributed by atoms with E-state index in [9.17, 15) is 0 Å². The molecule has 0 aliphatic carbocycles. The van der Waals surface area contributed by atoms with Crippen molar-refractivity contribution in [3.8, 4) is 0 Å². The van der Waals surface area contributed by atoms with Gasteiger partial charge in [-0.3, -0.25) is 4.68 Å². The number of hydrogen-bond donors (Lipinski definition) is 1. The molecule has 134 valence electrons. The van der Waals surface area contributed by atoms with Crippen LogP contribution in [-0.4, -0.2) is 38.1 Å². The molecule has 0 bridgehead atoms. The van der Waals surface area contributed by atoms with Crippen molar-refractivity contribution in [1.29, 1.82) is 0 Å². The van der Waals surface area contributed by atoms with Crippen molar-refractivity contribution in [3.63, 3.8) is 0 Å². The van der Waals surface area contributed by atoms with Crippen LogP contribution < -0.4 is 10.2 Å². The van der Waals surface area contributed by atoms with Crippen molar-refractivity contribution >= 4 is 17.3 Å². The van der Waals surface area contributed by atoms with E-state index in [1.165, 1.54) is 0 Å². The molecule has 26 heavy (non-hydrogen) atoms. The molecule has 1 saturated heterocycles. The highest BCUT2D eigenvalue weighted by molar-refractivity contribution is 5.59. The minimum absolute atomic E-state index is 0.637. The fourth-order valence-corrected chi connectivity index (χ4v) is 3.39. The minimum atomic E-state index is 0.637. The lowest BCUT2D eigenvalue weighted by Crippen LogP contribution is -2.35. The highest BCUT2D eigenvalue weighted by Gasteiger charge is 2.21. The fraction of sp³-hybridized carbons (Fsp3) is 0.368. The van der Waals surface area contributed by atoms with Gasteiger partial charge in [-0.05, 0) is 37.8 Å². The van der Waals surface area contributed by atoms with Crippen molar-refractivity contribution in [1.82, 2.24) is 25.0 Å². The molecule has 1 aromatic carbocycles. The summed E-state index contributed by atoms with van der Waals surface area (Å²) in [6.45, 7) is 4.88. The maximum absolute atomic E-state index is 4.65. The number of benzene rings is 1. The maximum atomic E-state index is 4.65. The van der Waals surface area contributed by atoms with E-state index >= 15 is 0 Å². The summed E-state index contributed by atoms with van der Waals surface area (Å²) in [5.74, 6) is 3.25. The minimum Gasteiger partial charge on any atom is -0.356 e. The summed E-state index contributed by atoms with van der Waals surface area (Å²) < 4.78 is 1.93. The van der Waals surface area contributed by atoms with E-state index < -0.39 is 0 Å². The summed E-state index contributed by atoms with van der Waals surface area (Å²) in [7, 11) is 0. The van der Waals surface area contributed by atoms with E-state index in [0.29, 0.717) is 5.92 Å². The molecule has 0 radical (unpaired) electrons. The normalized spacial score (nSPS) is 15.2. The van der Waals surface area contributed by atoms with E-state index in [2.05, 4.69) is 30.5 Å². The fourth-order valence-electron chi connectivity index (χ4n) is 3.39. The molecule has 7 nitrogen and oxygen atoms in total. The molecule has 0 amide bonds. The van der Waals surface area contributed by atoms with Gasteiger partial charge in [0.1, 0.15) is 17.5 Å². The molecule has 1 fully saturated rings. The standard InChI is InChI=1S/C19H23N7/c1-15-21-18(23-17-5-3-2-4-6-17)13-19(22-15)25-10-7-16(8-11-25)14-26-12-9-20-24-26/h2-6,9,12-13,16H,7-8,10-11,14H2,1H3,(H,21,22,23). The highest BCUT2D eigenvalue weighted by Crippen LogP contribution is 2.25. The third kappa shape index (κ3) is 3.99. The lowest BCUT2D eigenvalue weighted by molar-refractivity contribution is 0.338. The van der Waals surface area contributed by atoms with Crippen molar-refractivity contribution < 1.29 is 0 Å². The number of anilines is 3. The summed E-state index contributed by atoms with van der Waals surface area (Å²) in [5, 5.41) is 11.3. The van der Waals surface area contributed by atoms with Gasteiger partial charge in [-0.15, -0.1) is 5.10 Å². The quantitative estimate of drug-likeness (QED) is 0.763. The first-order valence-electron chi connectivity index (χ1n) is 9.03. The van der Waals surface area contributed by atoms with E-state index in [-0.39, 0.29) is 0 Å². The second kappa shape index (κ2) is 7.51. The van der Waals surface area contributed by atoms with Gasteiger partial charge in [0, 0.05) is 37.6 Å². The van der Waals surface area contributed by atoms with Crippen LogP contribution in [-0.2, 0) is 6.54 Å². The Balaban J connectivity index is 1.41. The van der Waals surface area contributed by atoms with Gasteiger partial charge in [-0.25, -0.2) is 9.97 Å². The van der Waals surface area contributed by atoms with Crippen LogP contribution >= 0.6 is 0 Å². The summed E-state index contributed by atoms with van der Waals surface area (Å²) in [4.78, 5) is 11.5. The van der Waals surface area contributed by atoms with E-state index in [0.717, 1.165) is 55.6 Å².